The summed E-state index contributed by atoms with van der Waals surface area (Å²) in [6.07, 6.45) is 4.20. The van der Waals surface area contributed by atoms with Crippen molar-refractivity contribution in [1.29, 1.82) is 0 Å². The molecule has 2 rings (SSSR count). The molecule has 0 N–H and O–H groups in total. The van der Waals surface area contributed by atoms with E-state index < -0.39 is 0 Å². The topological polar surface area (TPSA) is 9.23 Å². The maximum Gasteiger partial charge on any atom is 0.123 e. The van der Waals surface area contributed by atoms with E-state index in [-0.39, 0.29) is 5.82 Å². The van der Waals surface area contributed by atoms with E-state index in [9.17, 15) is 4.39 Å². The predicted octanol–water partition coefficient (Wildman–Crippen LogP) is 3.22. The van der Waals surface area contributed by atoms with E-state index in [1.165, 1.54) is 30.5 Å². The van der Waals surface area contributed by atoms with Crippen LogP contribution in [0.3, 0.4) is 0 Å². The molecule has 0 saturated heterocycles. The maximum absolute atomic E-state index is 12.7. The van der Waals surface area contributed by atoms with Crippen molar-refractivity contribution in [2.24, 2.45) is 5.92 Å². The second kappa shape index (κ2) is 3.82. The van der Waals surface area contributed by atoms with Crippen LogP contribution < -0.4 is 0 Å². The van der Waals surface area contributed by atoms with Gasteiger partial charge in [0.1, 0.15) is 5.82 Å². The van der Waals surface area contributed by atoms with Crippen LogP contribution in [0.4, 0.5) is 4.39 Å². The van der Waals surface area contributed by atoms with Gasteiger partial charge in [-0.1, -0.05) is 12.1 Å². The molecule has 0 heterocycles. The summed E-state index contributed by atoms with van der Waals surface area (Å²) in [4.78, 5) is 0. The summed E-state index contributed by atoms with van der Waals surface area (Å²) in [6.45, 7) is 0. The quantitative estimate of drug-likeness (QED) is 0.668. The summed E-state index contributed by atoms with van der Waals surface area (Å²) in [5.74, 6) is 0.418. The summed E-state index contributed by atoms with van der Waals surface area (Å²) < 4.78 is 17.7. The summed E-state index contributed by atoms with van der Waals surface area (Å²) in [5.41, 5.74) is 2.25. The lowest BCUT2D eigenvalue weighted by atomic mass is 10.0. The van der Waals surface area contributed by atoms with Gasteiger partial charge in [-0.15, -0.1) is 0 Å². The molecule has 1 aliphatic carbocycles. The molecule has 1 aromatic carbocycles. The number of rotatable bonds is 3. The number of ether oxygens (including phenoxy) is 1. The Morgan fingerprint density at radius 3 is 2.50 bits per heavy atom. The van der Waals surface area contributed by atoms with Crippen LogP contribution in [-0.2, 0) is 4.74 Å². The van der Waals surface area contributed by atoms with E-state index in [4.69, 9.17) is 4.74 Å². The first kappa shape index (κ1) is 9.25. The van der Waals surface area contributed by atoms with Crippen molar-refractivity contribution in [2.45, 2.75) is 12.8 Å². The molecule has 0 aromatic heterocycles. The normalized spacial score (nSPS) is 16.9. The van der Waals surface area contributed by atoms with Gasteiger partial charge in [0.25, 0.3) is 0 Å². The fourth-order valence-electron chi connectivity index (χ4n) is 1.56. The highest BCUT2D eigenvalue weighted by Gasteiger charge is 2.27. The summed E-state index contributed by atoms with van der Waals surface area (Å²) in [5, 5.41) is 0. The Kier molecular flexibility index (Phi) is 2.53. The molecule has 1 fully saturated rings. The fourth-order valence-corrected chi connectivity index (χ4v) is 1.56. The van der Waals surface area contributed by atoms with Gasteiger partial charge in [-0.25, -0.2) is 4.39 Å². The largest absolute Gasteiger partial charge is 0.504 e. The first-order valence-electron chi connectivity index (χ1n) is 4.80. The number of halogens is 1. The zero-order chi connectivity index (χ0) is 9.97. The van der Waals surface area contributed by atoms with Gasteiger partial charge in [-0.2, -0.15) is 0 Å². The van der Waals surface area contributed by atoms with Gasteiger partial charge in [-0.3, -0.25) is 0 Å². The molecule has 0 bridgehead atoms. The van der Waals surface area contributed by atoms with Crippen LogP contribution in [0.25, 0.3) is 5.57 Å². The molecular formula is C12H13FO. The van der Waals surface area contributed by atoms with Crippen LogP contribution in [0.2, 0.25) is 0 Å². The van der Waals surface area contributed by atoms with E-state index in [0.29, 0.717) is 5.92 Å². The van der Waals surface area contributed by atoms with Gasteiger partial charge in [-0.05, 0) is 42.0 Å². The third kappa shape index (κ3) is 1.95. The SMILES string of the molecule is COC=C(c1ccc(F)cc1)C1CC1. The second-order valence-electron chi connectivity index (χ2n) is 3.59. The number of methoxy groups -OCH3 is 1. The van der Waals surface area contributed by atoms with Gasteiger partial charge >= 0.3 is 0 Å². The molecule has 74 valence electrons. The Hall–Kier alpha value is -1.31. The van der Waals surface area contributed by atoms with Crippen molar-refractivity contribution in [3.63, 3.8) is 0 Å². The van der Waals surface area contributed by atoms with Crippen LogP contribution in [0, 0.1) is 11.7 Å². The zero-order valence-corrected chi connectivity index (χ0v) is 8.16. The first-order valence-corrected chi connectivity index (χ1v) is 4.80. The third-order valence-corrected chi connectivity index (χ3v) is 2.44. The summed E-state index contributed by atoms with van der Waals surface area (Å²) >= 11 is 0. The molecular weight excluding hydrogens is 179 g/mol. The highest BCUT2D eigenvalue weighted by atomic mass is 19.1. The summed E-state index contributed by atoms with van der Waals surface area (Å²) in [6, 6.07) is 6.58. The van der Waals surface area contributed by atoms with E-state index >= 15 is 0 Å². The molecule has 0 atom stereocenters. The minimum absolute atomic E-state index is 0.193. The zero-order valence-electron chi connectivity index (χ0n) is 8.16. The smallest absolute Gasteiger partial charge is 0.123 e. The maximum atomic E-state index is 12.7. The first-order chi connectivity index (χ1) is 6.81. The molecule has 0 radical (unpaired) electrons. The number of hydrogen-bond donors (Lipinski definition) is 0. The van der Waals surface area contributed by atoms with Crippen LogP contribution in [0.5, 0.6) is 0 Å². The Morgan fingerprint density at radius 2 is 2.00 bits per heavy atom. The lowest BCUT2D eigenvalue weighted by molar-refractivity contribution is 0.338. The molecule has 0 amide bonds. The highest BCUT2D eigenvalue weighted by Crippen LogP contribution is 2.41. The molecule has 0 spiro atoms. The molecule has 0 aliphatic heterocycles. The van der Waals surface area contributed by atoms with Crippen molar-refractivity contribution >= 4 is 5.57 Å². The van der Waals surface area contributed by atoms with Crippen molar-refractivity contribution in [2.75, 3.05) is 7.11 Å². The van der Waals surface area contributed by atoms with Gasteiger partial charge in [0.15, 0.2) is 0 Å². The third-order valence-electron chi connectivity index (χ3n) is 2.44. The van der Waals surface area contributed by atoms with E-state index in [0.717, 1.165) is 5.56 Å². The van der Waals surface area contributed by atoms with Gasteiger partial charge in [0, 0.05) is 0 Å². The minimum Gasteiger partial charge on any atom is -0.504 e. The van der Waals surface area contributed by atoms with E-state index in [1.54, 1.807) is 25.5 Å². The van der Waals surface area contributed by atoms with Crippen molar-refractivity contribution < 1.29 is 9.13 Å². The van der Waals surface area contributed by atoms with E-state index in [2.05, 4.69) is 0 Å². The fraction of sp³-hybridized carbons (Fsp3) is 0.333. The van der Waals surface area contributed by atoms with Gasteiger partial charge in [0.2, 0.25) is 0 Å². The Balaban J connectivity index is 2.26. The number of allylic oxidation sites excluding steroid dienone is 1. The lowest BCUT2D eigenvalue weighted by Crippen LogP contribution is -1.88. The van der Waals surface area contributed by atoms with Crippen molar-refractivity contribution in [3.8, 4) is 0 Å². The Bertz CT molecular complexity index is 336. The molecule has 14 heavy (non-hydrogen) atoms. The lowest BCUT2D eigenvalue weighted by Gasteiger charge is -2.05. The van der Waals surface area contributed by atoms with Crippen LogP contribution in [0.1, 0.15) is 18.4 Å². The molecule has 1 aromatic rings. The Morgan fingerprint density at radius 1 is 1.36 bits per heavy atom. The van der Waals surface area contributed by atoms with Crippen LogP contribution in [0.15, 0.2) is 30.5 Å². The van der Waals surface area contributed by atoms with Crippen LogP contribution >= 0.6 is 0 Å². The molecule has 1 aliphatic rings. The van der Waals surface area contributed by atoms with Gasteiger partial charge in [0.05, 0.1) is 13.4 Å². The van der Waals surface area contributed by atoms with Crippen molar-refractivity contribution in [3.05, 3.63) is 41.9 Å². The average molecular weight is 192 g/mol. The molecule has 1 saturated carbocycles. The minimum atomic E-state index is -0.193. The molecule has 0 unspecified atom stereocenters. The second-order valence-corrected chi connectivity index (χ2v) is 3.59. The monoisotopic (exact) mass is 192 g/mol. The van der Waals surface area contributed by atoms with E-state index in [1.807, 2.05) is 0 Å². The standard InChI is InChI=1S/C12H13FO/c1-14-8-12(9-2-3-9)10-4-6-11(13)7-5-10/h4-9H,2-3H2,1H3. The number of hydrogen-bond acceptors (Lipinski definition) is 1. The molecule has 1 nitrogen and oxygen atoms in total. The summed E-state index contributed by atoms with van der Waals surface area (Å²) in [7, 11) is 1.64. The average Bonchev–Trinajstić information content (AvgIpc) is 2.99. The van der Waals surface area contributed by atoms with Crippen molar-refractivity contribution in [1.82, 2.24) is 0 Å². The Labute approximate surface area is 83.2 Å². The molecule has 2 heteroatoms. The number of benzene rings is 1. The highest BCUT2D eigenvalue weighted by molar-refractivity contribution is 5.68. The van der Waals surface area contributed by atoms with Gasteiger partial charge < -0.3 is 4.74 Å². The van der Waals surface area contributed by atoms with Crippen LogP contribution in [-0.4, -0.2) is 7.11 Å². The predicted molar refractivity (Wildman–Crippen MR) is 54.1 cm³/mol.